The molecule has 0 atom stereocenters. The quantitative estimate of drug-likeness (QED) is 0.581. The van der Waals surface area contributed by atoms with E-state index in [4.69, 9.17) is 0 Å². The molecule has 1 aromatic carbocycles. The number of halogens is 2. The van der Waals surface area contributed by atoms with Gasteiger partial charge in [-0.25, -0.2) is 9.97 Å². The van der Waals surface area contributed by atoms with Gasteiger partial charge in [0.1, 0.15) is 11.6 Å². The number of nitrogens with zero attached hydrogens (tertiary/aromatic N) is 2. The molecule has 1 heterocycles. The molecule has 4 nitrogen and oxygen atoms in total. The summed E-state index contributed by atoms with van der Waals surface area (Å²) < 4.78 is 1.98. The molecule has 0 aliphatic rings. The lowest BCUT2D eigenvalue weighted by molar-refractivity contribution is 0.977. The SMILES string of the molecule is CNc1cc(Nc2cc(Br)ccc2Br)nc(SC)n1. The first-order valence-corrected chi connectivity index (χ1v) is 8.26. The third-order valence-corrected chi connectivity index (χ3v) is 4.07. The lowest BCUT2D eigenvalue weighted by Gasteiger charge is -2.10. The van der Waals surface area contributed by atoms with Crippen molar-refractivity contribution in [3.05, 3.63) is 33.2 Å². The van der Waals surface area contributed by atoms with E-state index in [-0.39, 0.29) is 0 Å². The number of anilines is 3. The minimum absolute atomic E-state index is 0.723. The van der Waals surface area contributed by atoms with Gasteiger partial charge in [0.05, 0.1) is 5.69 Å². The topological polar surface area (TPSA) is 49.8 Å². The Hall–Kier alpha value is -0.790. The second-order valence-corrected chi connectivity index (χ2v) is 6.17. The van der Waals surface area contributed by atoms with Gasteiger partial charge < -0.3 is 10.6 Å². The number of rotatable bonds is 4. The Kier molecular flexibility index (Phi) is 5.06. The summed E-state index contributed by atoms with van der Waals surface area (Å²) in [6.07, 6.45) is 1.95. The fraction of sp³-hybridized carbons (Fsp3) is 0.167. The van der Waals surface area contributed by atoms with Crippen LogP contribution in [0.5, 0.6) is 0 Å². The van der Waals surface area contributed by atoms with Crippen molar-refractivity contribution in [3.8, 4) is 0 Å². The molecule has 19 heavy (non-hydrogen) atoms. The number of thioether (sulfide) groups is 1. The summed E-state index contributed by atoms with van der Waals surface area (Å²) in [5, 5.41) is 7.03. The fourth-order valence-electron chi connectivity index (χ4n) is 1.44. The summed E-state index contributed by atoms with van der Waals surface area (Å²) >= 11 is 8.47. The van der Waals surface area contributed by atoms with Crippen LogP contribution in [-0.4, -0.2) is 23.3 Å². The van der Waals surface area contributed by atoms with Crippen LogP contribution in [-0.2, 0) is 0 Å². The summed E-state index contributed by atoms with van der Waals surface area (Å²) in [5.74, 6) is 1.54. The van der Waals surface area contributed by atoms with Gasteiger partial charge in [-0.05, 0) is 40.4 Å². The van der Waals surface area contributed by atoms with Crippen LogP contribution in [0.2, 0.25) is 0 Å². The molecule has 0 saturated carbocycles. The van der Waals surface area contributed by atoms with Crippen LogP contribution < -0.4 is 10.6 Å². The third kappa shape index (κ3) is 3.84. The van der Waals surface area contributed by atoms with Crippen molar-refractivity contribution in [3.63, 3.8) is 0 Å². The van der Waals surface area contributed by atoms with Gasteiger partial charge in [-0.1, -0.05) is 27.7 Å². The third-order valence-electron chi connectivity index (χ3n) is 2.34. The van der Waals surface area contributed by atoms with Crippen LogP contribution in [0.15, 0.2) is 38.4 Å². The average molecular weight is 404 g/mol. The van der Waals surface area contributed by atoms with E-state index >= 15 is 0 Å². The highest BCUT2D eigenvalue weighted by molar-refractivity contribution is 9.11. The van der Waals surface area contributed by atoms with E-state index in [0.29, 0.717) is 0 Å². The summed E-state index contributed by atoms with van der Waals surface area (Å²) in [4.78, 5) is 8.76. The summed E-state index contributed by atoms with van der Waals surface area (Å²) in [6.45, 7) is 0. The number of nitrogens with one attached hydrogen (secondary N) is 2. The normalized spacial score (nSPS) is 10.3. The number of hydrogen-bond donors (Lipinski definition) is 2. The van der Waals surface area contributed by atoms with Gasteiger partial charge in [-0.15, -0.1) is 0 Å². The molecule has 0 amide bonds. The van der Waals surface area contributed by atoms with Gasteiger partial charge in [0.25, 0.3) is 0 Å². The van der Waals surface area contributed by atoms with Crippen LogP contribution >= 0.6 is 43.6 Å². The largest absolute Gasteiger partial charge is 0.373 e. The molecule has 0 fully saturated rings. The molecule has 2 N–H and O–H groups in total. The molecule has 0 spiro atoms. The summed E-state index contributed by atoms with van der Waals surface area (Å²) in [5.41, 5.74) is 0.946. The molecular formula is C12H12Br2N4S. The molecule has 0 radical (unpaired) electrons. The van der Waals surface area contributed by atoms with E-state index < -0.39 is 0 Å². The zero-order chi connectivity index (χ0) is 13.8. The molecule has 0 aliphatic heterocycles. The molecular weight excluding hydrogens is 392 g/mol. The van der Waals surface area contributed by atoms with Crippen LogP contribution in [0.3, 0.4) is 0 Å². The predicted octanol–water partition coefficient (Wildman–Crippen LogP) is 4.51. The molecule has 0 bridgehead atoms. The summed E-state index contributed by atoms with van der Waals surface area (Å²) in [7, 11) is 1.84. The highest BCUT2D eigenvalue weighted by Crippen LogP contribution is 2.29. The van der Waals surface area contributed by atoms with Crippen LogP contribution in [0, 0.1) is 0 Å². The smallest absolute Gasteiger partial charge is 0.191 e. The maximum Gasteiger partial charge on any atom is 0.191 e. The Morgan fingerprint density at radius 2 is 1.84 bits per heavy atom. The van der Waals surface area contributed by atoms with Crippen molar-refractivity contribution >= 4 is 60.9 Å². The Balaban J connectivity index is 2.34. The maximum atomic E-state index is 4.43. The van der Waals surface area contributed by atoms with Crippen molar-refractivity contribution in [2.45, 2.75) is 5.16 Å². The van der Waals surface area contributed by atoms with Gasteiger partial charge >= 0.3 is 0 Å². The van der Waals surface area contributed by atoms with Gasteiger partial charge in [0.2, 0.25) is 0 Å². The predicted molar refractivity (Wildman–Crippen MR) is 88.5 cm³/mol. The van der Waals surface area contributed by atoms with E-state index in [1.807, 2.05) is 37.6 Å². The summed E-state index contributed by atoms with van der Waals surface area (Å²) in [6, 6.07) is 7.81. The highest BCUT2D eigenvalue weighted by Gasteiger charge is 2.06. The van der Waals surface area contributed by atoms with E-state index in [1.54, 1.807) is 0 Å². The van der Waals surface area contributed by atoms with E-state index in [1.165, 1.54) is 11.8 Å². The molecule has 100 valence electrons. The first kappa shape index (κ1) is 14.6. The average Bonchev–Trinajstić information content (AvgIpc) is 2.42. The minimum Gasteiger partial charge on any atom is -0.373 e. The first-order valence-electron chi connectivity index (χ1n) is 5.45. The van der Waals surface area contributed by atoms with Gasteiger partial charge in [-0.3, -0.25) is 0 Å². The minimum atomic E-state index is 0.723. The van der Waals surface area contributed by atoms with E-state index in [0.717, 1.165) is 31.4 Å². The van der Waals surface area contributed by atoms with Crippen molar-refractivity contribution in [1.29, 1.82) is 0 Å². The van der Waals surface area contributed by atoms with Crippen molar-refractivity contribution in [2.75, 3.05) is 23.9 Å². The Labute approximate surface area is 133 Å². The van der Waals surface area contributed by atoms with Gasteiger partial charge in [0.15, 0.2) is 5.16 Å². The second-order valence-electron chi connectivity index (χ2n) is 3.62. The van der Waals surface area contributed by atoms with Crippen molar-refractivity contribution in [1.82, 2.24) is 9.97 Å². The van der Waals surface area contributed by atoms with Crippen LogP contribution in [0.25, 0.3) is 0 Å². The Bertz CT molecular complexity index is 570. The van der Waals surface area contributed by atoms with E-state index in [9.17, 15) is 0 Å². The molecule has 0 aliphatic carbocycles. The Morgan fingerprint density at radius 1 is 1.11 bits per heavy atom. The van der Waals surface area contributed by atoms with Crippen molar-refractivity contribution < 1.29 is 0 Å². The standard InChI is InChI=1S/C12H12Br2N4S/c1-15-10-6-11(18-12(17-10)19-2)16-9-5-7(13)3-4-8(9)14/h3-6H,1-2H3,(H2,15,16,17,18). The molecule has 2 rings (SSSR count). The number of benzene rings is 1. The van der Waals surface area contributed by atoms with Gasteiger partial charge in [0, 0.05) is 22.1 Å². The zero-order valence-electron chi connectivity index (χ0n) is 10.4. The molecule has 7 heteroatoms. The van der Waals surface area contributed by atoms with Crippen LogP contribution in [0.1, 0.15) is 0 Å². The monoisotopic (exact) mass is 402 g/mol. The second kappa shape index (κ2) is 6.58. The molecule has 0 saturated heterocycles. The highest BCUT2D eigenvalue weighted by atomic mass is 79.9. The van der Waals surface area contributed by atoms with E-state index in [2.05, 4.69) is 52.5 Å². The lowest BCUT2D eigenvalue weighted by atomic mass is 10.3. The molecule has 0 unspecified atom stereocenters. The number of hydrogen-bond acceptors (Lipinski definition) is 5. The molecule has 2 aromatic rings. The fourth-order valence-corrected chi connectivity index (χ4v) is 2.53. The maximum absolute atomic E-state index is 4.43. The van der Waals surface area contributed by atoms with Gasteiger partial charge in [-0.2, -0.15) is 0 Å². The number of aromatic nitrogens is 2. The van der Waals surface area contributed by atoms with Crippen LogP contribution in [0.4, 0.5) is 17.3 Å². The zero-order valence-corrected chi connectivity index (χ0v) is 14.4. The Morgan fingerprint density at radius 3 is 2.53 bits per heavy atom. The molecule has 1 aromatic heterocycles. The lowest BCUT2D eigenvalue weighted by Crippen LogP contribution is -2.01. The van der Waals surface area contributed by atoms with Crippen molar-refractivity contribution in [2.24, 2.45) is 0 Å². The first-order chi connectivity index (χ1) is 9.12.